The molecule has 0 unspecified atom stereocenters. The molecule has 0 N–H and O–H groups in total. The van der Waals surface area contributed by atoms with E-state index in [1.165, 1.54) is 4.90 Å². The van der Waals surface area contributed by atoms with E-state index < -0.39 is 17.3 Å². The Labute approximate surface area is 208 Å². The van der Waals surface area contributed by atoms with E-state index >= 15 is 0 Å². The first kappa shape index (κ1) is 29.9. The number of ether oxygens (including phenoxy) is 2. The van der Waals surface area contributed by atoms with E-state index in [2.05, 4.69) is 0 Å². The summed E-state index contributed by atoms with van der Waals surface area (Å²) in [6.07, 6.45) is 0.345. The van der Waals surface area contributed by atoms with Crippen LogP contribution in [-0.4, -0.2) is 70.4 Å². The fourth-order valence-electron chi connectivity index (χ4n) is 3.88. The average Bonchev–Trinajstić information content (AvgIpc) is 3.19. The van der Waals surface area contributed by atoms with Crippen LogP contribution in [-0.2, 0) is 19.1 Å². The molecule has 0 bridgehead atoms. The van der Waals surface area contributed by atoms with Gasteiger partial charge < -0.3 is 9.47 Å². The lowest BCUT2D eigenvalue weighted by Crippen LogP contribution is -2.44. The molecule has 2 aliphatic rings. The lowest BCUT2D eigenvalue weighted by atomic mass is 10.0. The smallest absolute Gasteiger partial charge is 0.411 e. The van der Waals surface area contributed by atoms with Crippen molar-refractivity contribution in [1.82, 2.24) is 9.80 Å². The summed E-state index contributed by atoms with van der Waals surface area (Å²) in [6.45, 7) is 19.4. The molecule has 9 heteroatoms. The number of ketones is 1. The van der Waals surface area contributed by atoms with Gasteiger partial charge in [-0.3, -0.25) is 19.4 Å². The number of Topliss-reactive ketones (excluding diaryl/α,β-unsaturated/α-hetero) is 1. The third-order valence-electron chi connectivity index (χ3n) is 5.17. The van der Waals surface area contributed by atoms with E-state index in [-0.39, 0.29) is 42.3 Å². The Morgan fingerprint density at radius 2 is 1.35 bits per heavy atom. The van der Waals surface area contributed by atoms with Crippen LogP contribution in [0.3, 0.4) is 0 Å². The van der Waals surface area contributed by atoms with Gasteiger partial charge >= 0.3 is 12.2 Å². The standard InChI is InChI=1S/C13H20ClNO3.C12H21NO3/c1-8(2)11-10(14)9(7-16)6-15(11)12(17)18-13(3,4)5;1-8(2)10-9(14)6-7-13(10)11(15)16-12(3,4)5/h7-8,11H,6H2,1-5H3;8,10H,6-7H2,1-5H3/t11-;10-/m00/s1. The molecule has 194 valence electrons. The normalized spacial score (nSPS) is 21.1. The highest BCUT2D eigenvalue weighted by Gasteiger charge is 2.40. The highest BCUT2D eigenvalue weighted by molar-refractivity contribution is 6.32. The molecule has 2 aliphatic heterocycles. The van der Waals surface area contributed by atoms with Crippen molar-refractivity contribution in [2.45, 2.75) is 98.9 Å². The van der Waals surface area contributed by atoms with Gasteiger partial charge in [-0.1, -0.05) is 39.3 Å². The maximum atomic E-state index is 12.1. The van der Waals surface area contributed by atoms with Crippen LogP contribution in [0.2, 0.25) is 0 Å². The summed E-state index contributed by atoms with van der Waals surface area (Å²) in [5.74, 6) is 0.408. The van der Waals surface area contributed by atoms with Gasteiger partial charge in [0, 0.05) is 23.6 Å². The Kier molecular flexibility index (Phi) is 10.2. The fraction of sp³-hybridized carbons (Fsp3) is 0.760. The Morgan fingerprint density at radius 1 is 0.912 bits per heavy atom. The topological polar surface area (TPSA) is 93.2 Å². The number of likely N-dealkylation sites (tertiary alicyclic amines) is 1. The summed E-state index contributed by atoms with van der Waals surface area (Å²) in [6, 6.07) is -0.587. The minimum atomic E-state index is -0.560. The second-order valence-electron chi connectivity index (χ2n) is 11.4. The summed E-state index contributed by atoms with van der Waals surface area (Å²) in [4.78, 5) is 49.6. The lowest BCUT2D eigenvalue weighted by molar-refractivity contribution is -0.121. The first-order chi connectivity index (χ1) is 15.4. The first-order valence-corrected chi connectivity index (χ1v) is 12.1. The Hall–Kier alpha value is -2.09. The van der Waals surface area contributed by atoms with Gasteiger partial charge in [-0.2, -0.15) is 0 Å². The third-order valence-corrected chi connectivity index (χ3v) is 5.64. The number of aldehydes is 1. The molecule has 2 heterocycles. The first-order valence-electron chi connectivity index (χ1n) is 11.7. The van der Waals surface area contributed by atoms with Crippen LogP contribution in [0.25, 0.3) is 0 Å². The zero-order valence-electron chi connectivity index (χ0n) is 22.2. The highest BCUT2D eigenvalue weighted by atomic mass is 35.5. The van der Waals surface area contributed by atoms with E-state index in [0.717, 1.165) is 0 Å². The van der Waals surface area contributed by atoms with E-state index in [4.69, 9.17) is 21.1 Å². The molecule has 2 rings (SSSR count). The van der Waals surface area contributed by atoms with Gasteiger partial charge in [-0.05, 0) is 53.4 Å². The molecule has 0 aromatic heterocycles. The number of hydrogen-bond acceptors (Lipinski definition) is 6. The van der Waals surface area contributed by atoms with E-state index in [9.17, 15) is 19.2 Å². The summed E-state index contributed by atoms with van der Waals surface area (Å²) in [7, 11) is 0. The second kappa shape index (κ2) is 11.6. The SMILES string of the molecule is CC(C)[C@H]1C(=O)CCN1C(=O)OC(C)(C)C.CC(C)[C@H]1C(Cl)=C(C=O)CN1C(=O)OC(C)(C)C. The van der Waals surface area contributed by atoms with Gasteiger partial charge in [0.15, 0.2) is 5.78 Å². The third kappa shape index (κ3) is 8.29. The summed E-state index contributed by atoms with van der Waals surface area (Å²) in [5, 5.41) is 0.450. The van der Waals surface area contributed by atoms with Crippen molar-refractivity contribution < 1.29 is 28.7 Å². The van der Waals surface area contributed by atoms with Gasteiger partial charge in [-0.25, -0.2) is 9.59 Å². The summed E-state index contributed by atoms with van der Waals surface area (Å²) in [5.41, 5.74) is -0.611. The molecule has 1 fully saturated rings. The van der Waals surface area contributed by atoms with Crippen LogP contribution < -0.4 is 0 Å². The molecule has 0 saturated carbocycles. The van der Waals surface area contributed by atoms with Crippen molar-refractivity contribution in [2.75, 3.05) is 13.1 Å². The monoisotopic (exact) mass is 500 g/mol. The minimum absolute atomic E-state index is 0.127. The molecule has 0 aromatic carbocycles. The van der Waals surface area contributed by atoms with Crippen molar-refractivity contribution in [3.8, 4) is 0 Å². The molecule has 1 saturated heterocycles. The Balaban J connectivity index is 0.000000342. The van der Waals surface area contributed by atoms with Gasteiger partial charge in [0.05, 0.1) is 18.6 Å². The molecule has 0 aliphatic carbocycles. The number of hydrogen-bond donors (Lipinski definition) is 0. The number of halogens is 1. The van der Waals surface area contributed by atoms with Crippen molar-refractivity contribution in [1.29, 1.82) is 0 Å². The quantitative estimate of drug-likeness (QED) is 0.496. The molecule has 2 atom stereocenters. The van der Waals surface area contributed by atoms with Gasteiger partial charge in [0.25, 0.3) is 0 Å². The van der Waals surface area contributed by atoms with Crippen LogP contribution in [0.5, 0.6) is 0 Å². The zero-order valence-corrected chi connectivity index (χ0v) is 23.0. The lowest BCUT2D eigenvalue weighted by Gasteiger charge is -2.31. The fourth-order valence-corrected chi connectivity index (χ4v) is 4.35. The van der Waals surface area contributed by atoms with E-state index in [0.29, 0.717) is 29.9 Å². The molecule has 0 spiro atoms. The molecular weight excluding hydrogens is 460 g/mol. The number of rotatable bonds is 3. The van der Waals surface area contributed by atoms with Crippen LogP contribution in [0.15, 0.2) is 10.6 Å². The van der Waals surface area contributed by atoms with Crippen LogP contribution in [0, 0.1) is 11.8 Å². The predicted octanol–water partition coefficient (Wildman–Crippen LogP) is 5.17. The number of amides is 2. The second-order valence-corrected chi connectivity index (χ2v) is 11.8. The van der Waals surface area contributed by atoms with Crippen LogP contribution >= 0.6 is 11.6 Å². The van der Waals surface area contributed by atoms with E-state index in [1.54, 1.807) is 25.7 Å². The largest absolute Gasteiger partial charge is 0.444 e. The Bertz CT molecular complexity index is 807. The van der Waals surface area contributed by atoms with Crippen LogP contribution in [0.1, 0.15) is 75.7 Å². The van der Waals surface area contributed by atoms with E-state index in [1.807, 2.05) is 48.5 Å². The van der Waals surface area contributed by atoms with Crippen molar-refractivity contribution in [3.63, 3.8) is 0 Å². The van der Waals surface area contributed by atoms with Gasteiger partial charge in [0.1, 0.15) is 17.5 Å². The highest BCUT2D eigenvalue weighted by Crippen LogP contribution is 2.32. The zero-order chi connectivity index (χ0) is 26.6. The predicted molar refractivity (Wildman–Crippen MR) is 132 cm³/mol. The minimum Gasteiger partial charge on any atom is -0.444 e. The molecule has 0 aromatic rings. The Morgan fingerprint density at radius 3 is 1.74 bits per heavy atom. The molecule has 0 radical (unpaired) electrons. The van der Waals surface area contributed by atoms with Gasteiger partial charge in [-0.15, -0.1) is 0 Å². The maximum absolute atomic E-state index is 12.1. The number of carbonyl (C=O) groups excluding carboxylic acids is 4. The van der Waals surface area contributed by atoms with Crippen molar-refractivity contribution in [3.05, 3.63) is 10.6 Å². The van der Waals surface area contributed by atoms with Gasteiger partial charge in [0.2, 0.25) is 0 Å². The molecule has 8 nitrogen and oxygen atoms in total. The average molecular weight is 501 g/mol. The molecule has 2 amide bonds. The maximum Gasteiger partial charge on any atom is 0.411 e. The molecule has 34 heavy (non-hydrogen) atoms. The number of nitrogens with zero attached hydrogens (tertiary/aromatic N) is 2. The van der Waals surface area contributed by atoms with Crippen molar-refractivity contribution >= 4 is 35.9 Å². The van der Waals surface area contributed by atoms with Crippen LogP contribution in [0.4, 0.5) is 9.59 Å². The molecular formula is C25H41ClN2O6. The van der Waals surface area contributed by atoms with Crippen molar-refractivity contribution in [2.24, 2.45) is 11.8 Å². The summed E-state index contributed by atoms with van der Waals surface area (Å²) >= 11 is 6.15. The summed E-state index contributed by atoms with van der Waals surface area (Å²) < 4.78 is 10.6. The number of carbonyl (C=O) groups is 4.